The Balaban J connectivity index is 1.46. The largest absolute Gasteiger partial charge is 0.489 e. The van der Waals surface area contributed by atoms with Gasteiger partial charge in [-0.2, -0.15) is 0 Å². The van der Waals surface area contributed by atoms with Crippen LogP contribution in [0, 0.1) is 0 Å². The van der Waals surface area contributed by atoms with Gasteiger partial charge in [0, 0.05) is 24.0 Å². The summed E-state index contributed by atoms with van der Waals surface area (Å²) >= 11 is 0. The summed E-state index contributed by atoms with van der Waals surface area (Å²) in [5.74, 6) is 0.416. The van der Waals surface area contributed by atoms with Crippen LogP contribution in [0.3, 0.4) is 0 Å². The van der Waals surface area contributed by atoms with Crippen LogP contribution in [0.5, 0.6) is 5.75 Å². The maximum atomic E-state index is 12.2. The Morgan fingerprint density at radius 1 is 0.793 bits per heavy atom. The SMILES string of the molecule is CC(=O)Nc1cccc(NC(=O)CNc2ccc(OCc3ccccc3)cc2)c1. The van der Waals surface area contributed by atoms with Crippen LogP contribution >= 0.6 is 0 Å². The fraction of sp³-hybridized carbons (Fsp3) is 0.130. The minimum absolute atomic E-state index is 0.120. The molecule has 29 heavy (non-hydrogen) atoms. The van der Waals surface area contributed by atoms with Gasteiger partial charge in [0.1, 0.15) is 12.4 Å². The molecule has 0 atom stereocenters. The molecule has 0 aliphatic heterocycles. The average Bonchev–Trinajstić information content (AvgIpc) is 2.72. The molecule has 0 radical (unpaired) electrons. The lowest BCUT2D eigenvalue weighted by molar-refractivity contribution is -0.115. The second kappa shape index (κ2) is 9.94. The van der Waals surface area contributed by atoms with E-state index in [1.807, 2.05) is 54.6 Å². The molecule has 6 heteroatoms. The minimum atomic E-state index is -0.186. The zero-order chi connectivity index (χ0) is 20.5. The van der Waals surface area contributed by atoms with E-state index in [1.165, 1.54) is 6.92 Å². The summed E-state index contributed by atoms with van der Waals surface area (Å²) < 4.78 is 5.75. The monoisotopic (exact) mass is 389 g/mol. The molecule has 3 aromatic rings. The van der Waals surface area contributed by atoms with Crippen molar-refractivity contribution < 1.29 is 14.3 Å². The number of anilines is 3. The summed E-state index contributed by atoms with van der Waals surface area (Å²) in [6, 6.07) is 24.4. The van der Waals surface area contributed by atoms with Gasteiger partial charge in [-0.3, -0.25) is 9.59 Å². The van der Waals surface area contributed by atoms with Crippen molar-refractivity contribution in [3.8, 4) is 5.75 Å². The Kier molecular flexibility index (Phi) is 6.84. The van der Waals surface area contributed by atoms with Gasteiger partial charge < -0.3 is 20.7 Å². The Bertz CT molecular complexity index is 957. The highest BCUT2D eigenvalue weighted by Crippen LogP contribution is 2.18. The zero-order valence-corrected chi connectivity index (χ0v) is 16.1. The van der Waals surface area contributed by atoms with Gasteiger partial charge >= 0.3 is 0 Å². The van der Waals surface area contributed by atoms with E-state index < -0.39 is 0 Å². The summed E-state index contributed by atoms with van der Waals surface area (Å²) in [7, 11) is 0. The molecule has 0 bridgehead atoms. The molecule has 0 fully saturated rings. The van der Waals surface area contributed by atoms with Gasteiger partial charge in [-0.05, 0) is 48.0 Å². The van der Waals surface area contributed by atoms with Crippen molar-refractivity contribution in [3.63, 3.8) is 0 Å². The number of amides is 2. The molecular weight excluding hydrogens is 366 g/mol. The zero-order valence-electron chi connectivity index (χ0n) is 16.1. The predicted molar refractivity (Wildman–Crippen MR) is 115 cm³/mol. The van der Waals surface area contributed by atoms with Crippen molar-refractivity contribution in [1.29, 1.82) is 0 Å². The molecule has 3 N–H and O–H groups in total. The first-order chi connectivity index (χ1) is 14.1. The maximum absolute atomic E-state index is 12.2. The highest BCUT2D eigenvalue weighted by Gasteiger charge is 2.04. The molecule has 2 amide bonds. The van der Waals surface area contributed by atoms with E-state index in [0.717, 1.165) is 17.0 Å². The molecule has 0 saturated heterocycles. The topological polar surface area (TPSA) is 79.5 Å². The van der Waals surface area contributed by atoms with Gasteiger partial charge in [0.05, 0.1) is 6.54 Å². The molecule has 148 valence electrons. The van der Waals surface area contributed by atoms with E-state index in [0.29, 0.717) is 18.0 Å². The number of carbonyl (C=O) groups is 2. The summed E-state index contributed by atoms with van der Waals surface area (Å²) in [6.45, 7) is 2.06. The third kappa shape index (κ3) is 6.70. The second-order valence-corrected chi connectivity index (χ2v) is 6.46. The third-order valence-electron chi connectivity index (χ3n) is 4.02. The normalized spacial score (nSPS) is 10.1. The molecule has 0 aromatic heterocycles. The molecule has 3 rings (SSSR count). The van der Waals surface area contributed by atoms with Gasteiger partial charge in [-0.25, -0.2) is 0 Å². The first-order valence-corrected chi connectivity index (χ1v) is 9.27. The number of ether oxygens (including phenoxy) is 1. The fourth-order valence-corrected chi connectivity index (χ4v) is 2.68. The van der Waals surface area contributed by atoms with Crippen LogP contribution < -0.4 is 20.7 Å². The molecule has 0 saturated carbocycles. The van der Waals surface area contributed by atoms with Crippen LogP contribution in [0.1, 0.15) is 12.5 Å². The van der Waals surface area contributed by atoms with Crippen molar-refractivity contribution in [1.82, 2.24) is 0 Å². The quantitative estimate of drug-likeness (QED) is 0.537. The van der Waals surface area contributed by atoms with Crippen molar-refractivity contribution in [3.05, 3.63) is 84.4 Å². The molecule has 6 nitrogen and oxygen atoms in total. The van der Waals surface area contributed by atoms with E-state index in [2.05, 4.69) is 16.0 Å². The van der Waals surface area contributed by atoms with Gasteiger partial charge in [0.25, 0.3) is 0 Å². The molecule has 0 heterocycles. The summed E-state index contributed by atoms with van der Waals surface area (Å²) in [5, 5.41) is 8.56. The van der Waals surface area contributed by atoms with Crippen molar-refractivity contribution in [2.24, 2.45) is 0 Å². The number of carbonyl (C=O) groups excluding carboxylic acids is 2. The first kappa shape index (κ1) is 19.9. The van der Waals surface area contributed by atoms with Crippen LogP contribution in [0.4, 0.5) is 17.1 Å². The molecular formula is C23H23N3O3. The van der Waals surface area contributed by atoms with Gasteiger partial charge in [0.2, 0.25) is 11.8 Å². The summed E-state index contributed by atoms with van der Waals surface area (Å²) in [6.07, 6.45) is 0. The second-order valence-electron chi connectivity index (χ2n) is 6.46. The van der Waals surface area contributed by atoms with Crippen LogP contribution in [-0.4, -0.2) is 18.4 Å². The van der Waals surface area contributed by atoms with Crippen LogP contribution in [0.2, 0.25) is 0 Å². The van der Waals surface area contributed by atoms with E-state index in [4.69, 9.17) is 4.74 Å². The summed E-state index contributed by atoms with van der Waals surface area (Å²) in [4.78, 5) is 23.3. The van der Waals surface area contributed by atoms with Crippen LogP contribution in [0.25, 0.3) is 0 Å². The summed E-state index contributed by atoms with van der Waals surface area (Å²) in [5.41, 5.74) is 3.18. The van der Waals surface area contributed by atoms with Gasteiger partial charge in [0.15, 0.2) is 0 Å². The Morgan fingerprint density at radius 3 is 2.17 bits per heavy atom. The fourth-order valence-electron chi connectivity index (χ4n) is 2.68. The molecule has 3 aromatic carbocycles. The standard InChI is InChI=1S/C23H23N3O3/c1-17(27)25-20-8-5-9-21(14-20)26-23(28)15-24-19-10-12-22(13-11-19)29-16-18-6-3-2-4-7-18/h2-14,24H,15-16H2,1H3,(H,25,27)(H,26,28). The average molecular weight is 389 g/mol. The van der Waals surface area contributed by atoms with E-state index in [1.54, 1.807) is 24.3 Å². The molecule has 0 aliphatic carbocycles. The van der Waals surface area contributed by atoms with Crippen molar-refractivity contribution in [2.75, 3.05) is 22.5 Å². The lowest BCUT2D eigenvalue weighted by Crippen LogP contribution is -2.21. The Labute approximate surface area is 169 Å². The predicted octanol–water partition coefficient (Wildman–Crippen LogP) is 4.27. The highest BCUT2D eigenvalue weighted by atomic mass is 16.5. The van der Waals surface area contributed by atoms with E-state index in [-0.39, 0.29) is 18.4 Å². The molecule has 0 aliphatic rings. The van der Waals surface area contributed by atoms with Gasteiger partial charge in [-0.1, -0.05) is 36.4 Å². The van der Waals surface area contributed by atoms with Crippen molar-refractivity contribution in [2.45, 2.75) is 13.5 Å². The minimum Gasteiger partial charge on any atom is -0.489 e. The number of hydrogen-bond acceptors (Lipinski definition) is 4. The third-order valence-corrected chi connectivity index (χ3v) is 4.02. The lowest BCUT2D eigenvalue weighted by atomic mass is 10.2. The molecule has 0 spiro atoms. The number of benzene rings is 3. The van der Waals surface area contributed by atoms with Crippen LogP contribution in [-0.2, 0) is 16.2 Å². The van der Waals surface area contributed by atoms with E-state index >= 15 is 0 Å². The smallest absolute Gasteiger partial charge is 0.243 e. The number of hydrogen-bond donors (Lipinski definition) is 3. The lowest BCUT2D eigenvalue weighted by Gasteiger charge is -2.10. The first-order valence-electron chi connectivity index (χ1n) is 9.27. The Hall–Kier alpha value is -3.80. The number of nitrogens with one attached hydrogen (secondary N) is 3. The molecule has 0 unspecified atom stereocenters. The van der Waals surface area contributed by atoms with Crippen LogP contribution in [0.15, 0.2) is 78.9 Å². The maximum Gasteiger partial charge on any atom is 0.243 e. The van der Waals surface area contributed by atoms with Gasteiger partial charge in [-0.15, -0.1) is 0 Å². The number of rotatable bonds is 8. The van der Waals surface area contributed by atoms with Crippen molar-refractivity contribution >= 4 is 28.9 Å². The highest BCUT2D eigenvalue weighted by molar-refractivity contribution is 5.95. The van der Waals surface area contributed by atoms with E-state index in [9.17, 15) is 9.59 Å². The Morgan fingerprint density at radius 2 is 1.48 bits per heavy atom.